The molecule has 0 radical (unpaired) electrons. The highest BCUT2D eigenvalue weighted by Gasteiger charge is 2.22. The Bertz CT molecular complexity index is 696. The van der Waals surface area contributed by atoms with Gasteiger partial charge < -0.3 is 9.26 Å². The highest BCUT2D eigenvalue weighted by atomic mass is 16.5. The predicted molar refractivity (Wildman–Crippen MR) is 94.9 cm³/mol. The Morgan fingerprint density at radius 2 is 2.04 bits per heavy atom. The van der Waals surface area contributed by atoms with Gasteiger partial charge in [-0.2, -0.15) is 4.98 Å². The Hall–Kier alpha value is -1.76. The minimum atomic E-state index is 0.604. The van der Waals surface area contributed by atoms with Crippen molar-refractivity contribution < 1.29 is 9.26 Å². The second kappa shape index (κ2) is 7.64. The first kappa shape index (κ1) is 16.7. The van der Waals surface area contributed by atoms with Gasteiger partial charge in [-0.05, 0) is 37.9 Å². The molecule has 2 fully saturated rings. The van der Waals surface area contributed by atoms with E-state index in [1.807, 2.05) is 0 Å². The van der Waals surface area contributed by atoms with E-state index in [1.165, 1.54) is 18.4 Å². The molecule has 1 aromatic carbocycles. The highest BCUT2D eigenvalue weighted by Crippen LogP contribution is 2.22. The Labute approximate surface area is 148 Å². The predicted octanol–water partition coefficient (Wildman–Crippen LogP) is 2.55. The third-order valence-electron chi connectivity index (χ3n) is 5.19. The lowest BCUT2D eigenvalue weighted by Crippen LogP contribution is -2.35. The Kier molecular flexibility index (Phi) is 5.10. The van der Waals surface area contributed by atoms with Crippen LogP contribution in [0, 0.1) is 0 Å². The number of benzene rings is 1. The molecule has 1 aromatic heterocycles. The smallest absolute Gasteiger partial charge is 0.241 e. The van der Waals surface area contributed by atoms with Crippen molar-refractivity contribution >= 4 is 0 Å². The van der Waals surface area contributed by atoms with Crippen LogP contribution in [0.25, 0.3) is 11.4 Å². The molecule has 0 bridgehead atoms. The second-order valence-corrected chi connectivity index (χ2v) is 7.06. The average Bonchev–Trinajstić information content (AvgIpc) is 3.26. The van der Waals surface area contributed by atoms with Gasteiger partial charge >= 0.3 is 0 Å². The molecule has 6 heteroatoms. The molecule has 0 N–H and O–H groups in total. The topological polar surface area (TPSA) is 54.6 Å². The van der Waals surface area contributed by atoms with E-state index in [4.69, 9.17) is 9.26 Å². The van der Waals surface area contributed by atoms with Crippen LogP contribution in [-0.4, -0.2) is 58.8 Å². The van der Waals surface area contributed by atoms with Gasteiger partial charge in [-0.25, -0.2) is 0 Å². The van der Waals surface area contributed by atoms with E-state index < -0.39 is 0 Å². The summed E-state index contributed by atoms with van der Waals surface area (Å²) >= 11 is 0. The molecule has 6 nitrogen and oxygen atoms in total. The summed E-state index contributed by atoms with van der Waals surface area (Å²) in [4.78, 5) is 9.44. The largest absolute Gasteiger partial charge is 0.379 e. The lowest BCUT2D eigenvalue weighted by atomic mass is 10.1. The Balaban J connectivity index is 1.43. The van der Waals surface area contributed by atoms with Gasteiger partial charge in [0.2, 0.25) is 11.7 Å². The van der Waals surface area contributed by atoms with Crippen LogP contribution in [0.15, 0.2) is 28.8 Å². The quantitative estimate of drug-likeness (QED) is 0.832. The summed E-state index contributed by atoms with van der Waals surface area (Å²) in [5.41, 5.74) is 2.30. The van der Waals surface area contributed by atoms with Crippen LogP contribution < -0.4 is 0 Å². The van der Waals surface area contributed by atoms with Crippen molar-refractivity contribution in [2.24, 2.45) is 0 Å². The van der Waals surface area contributed by atoms with Crippen LogP contribution in [-0.2, 0) is 17.8 Å². The molecule has 0 spiro atoms. The van der Waals surface area contributed by atoms with Gasteiger partial charge in [0.1, 0.15) is 0 Å². The third-order valence-corrected chi connectivity index (χ3v) is 5.19. The monoisotopic (exact) mass is 342 g/mol. The number of rotatable bonds is 5. The van der Waals surface area contributed by atoms with Gasteiger partial charge in [0.05, 0.1) is 19.8 Å². The van der Waals surface area contributed by atoms with Gasteiger partial charge in [0.25, 0.3) is 0 Å². The second-order valence-electron chi connectivity index (χ2n) is 7.06. The maximum atomic E-state index is 5.49. The van der Waals surface area contributed by atoms with E-state index in [-0.39, 0.29) is 0 Å². The summed E-state index contributed by atoms with van der Waals surface area (Å²) < 4.78 is 10.9. The summed E-state index contributed by atoms with van der Waals surface area (Å²) in [5.74, 6) is 1.40. The Morgan fingerprint density at radius 1 is 1.16 bits per heavy atom. The summed E-state index contributed by atoms with van der Waals surface area (Å²) in [5, 5.41) is 4.20. The van der Waals surface area contributed by atoms with E-state index in [0.717, 1.165) is 51.5 Å². The van der Waals surface area contributed by atoms with E-state index in [2.05, 4.69) is 51.1 Å². The van der Waals surface area contributed by atoms with E-state index >= 15 is 0 Å². The van der Waals surface area contributed by atoms with E-state index in [9.17, 15) is 0 Å². The fourth-order valence-corrected chi connectivity index (χ4v) is 3.66. The van der Waals surface area contributed by atoms with Crippen molar-refractivity contribution in [1.82, 2.24) is 19.9 Å². The summed E-state index contributed by atoms with van der Waals surface area (Å²) in [6, 6.07) is 9.06. The van der Waals surface area contributed by atoms with Gasteiger partial charge in [0, 0.05) is 31.2 Å². The van der Waals surface area contributed by atoms with Crippen molar-refractivity contribution in [2.75, 3.05) is 32.8 Å². The number of hydrogen-bond donors (Lipinski definition) is 0. The molecule has 2 aliphatic rings. The molecule has 1 atom stereocenters. The van der Waals surface area contributed by atoms with Crippen LogP contribution in [0.5, 0.6) is 0 Å². The summed E-state index contributed by atoms with van der Waals surface area (Å²) in [6.45, 7) is 8.70. The number of morpholine rings is 1. The zero-order valence-electron chi connectivity index (χ0n) is 14.9. The zero-order valence-corrected chi connectivity index (χ0v) is 14.9. The van der Waals surface area contributed by atoms with Crippen LogP contribution in [0.1, 0.15) is 31.2 Å². The van der Waals surface area contributed by atoms with Crippen molar-refractivity contribution in [1.29, 1.82) is 0 Å². The fourth-order valence-electron chi connectivity index (χ4n) is 3.66. The Morgan fingerprint density at radius 3 is 2.84 bits per heavy atom. The molecule has 2 saturated heterocycles. The molecular formula is C19H26N4O2. The summed E-state index contributed by atoms with van der Waals surface area (Å²) in [7, 11) is 0. The maximum Gasteiger partial charge on any atom is 0.241 e. The van der Waals surface area contributed by atoms with Crippen LogP contribution in [0.2, 0.25) is 0 Å². The molecule has 0 aliphatic carbocycles. The average molecular weight is 342 g/mol. The minimum absolute atomic E-state index is 0.604. The van der Waals surface area contributed by atoms with Crippen LogP contribution in [0.3, 0.4) is 0 Å². The molecule has 4 rings (SSSR count). The van der Waals surface area contributed by atoms with Crippen molar-refractivity contribution in [2.45, 2.75) is 38.9 Å². The minimum Gasteiger partial charge on any atom is -0.379 e. The van der Waals surface area contributed by atoms with Gasteiger partial charge in [-0.15, -0.1) is 0 Å². The molecule has 2 aromatic rings. The van der Waals surface area contributed by atoms with E-state index in [0.29, 0.717) is 17.8 Å². The fraction of sp³-hybridized carbons (Fsp3) is 0.579. The molecule has 25 heavy (non-hydrogen) atoms. The normalized spacial score (nSPS) is 22.5. The zero-order chi connectivity index (χ0) is 17.1. The molecule has 0 unspecified atom stereocenters. The molecular weight excluding hydrogens is 316 g/mol. The van der Waals surface area contributed by atoms with Crippen molar-refractivity contribution in [3.05, 3.63) is 35.7 Å². The lowest BCUT2D eigenvalue weighted by molar-refractivity contribution is 0.0342. The first-order valence-electron chi connectivity index (χ1n) is 9.24. The van der Waals surface area contributed by atoms with Gasteiger partial charge in [-0.3, -0.25) is 9.80 Å². The molecule has 0 amide bonds. The van der Waals surface area contributed by atoms with E-state index in [1.54, 1.807) is 0 Å². The standard InChI is InChI=1S/C19H26N4O2/c1-15-4-3-7-23(15)14-18-20-19(21-25-18)17-6-2-5-16(12-17)13-22-8-10-24-11-9-22/h2,5-6,12,15H,3-4,7-11,13-14H2,1H3/t15-/m1/s1. The first-order chi connectivity index (χ1) is 12.3. The first-order valence-corrected chi connectivity index (χ1v) is 9.24. The van der Waals surface area contributed by atoms with Crippen LogP contribution >= 0.6 is 0 Å². The number of nitrogens with zero attached hydrogens (tertiary/aromatic N) is 4. The van der Waals surface area contributed by atoms with Gasteiger partial charge in [0.15, 0.2) is 0 Å². The molecule has 3 heterocycles. The highest BCUT2D eigenvalue weighted by molar-refractivity contribution is 5.55. The van der Waals surface area contributed by atoms with Crippen molar-refractivity contribution in [3.63, 3.8) is 0 Å². The SMILES string of the molecule is C[C@@H]1CCCN1Cc1nc(-c2cccc(CN3CCOCC3)c2)no1. The van der Waals surface area contributed by atoms with Crippen LogP contribution in [0.4, 0.5) is 0 Å². The molecule has 134 valence electrons. The summed E-state index contributed by atoms with van der Waals surface area (Å²) in [6.07, 6.45) is 2.51. The van der Waals surface area contributed by atoms with Gasteiger partial charge in [-0.1, -0.05) is 23.4 Å². The number of hydrogen-bond acceptors (Lipinski definition) is 6. The van der Waals surface area contributed by atoms with Crippen molar-refractivity contribution in [3.8, 4) is 11.4 Å². The lowest BCUT2D eigenvalue weighted by Gasteiger charge is -2.26. The third kappa shape index (κ3) is 4.08. The number of aromatic nitrogens is 2. The molecule has 2 aliphatic heterocycles. The number of likely N-dealkylation sites (tertiary alicyclic amines) is 1. The molecule has 0 saturated carbocycles. The maximum absolute atomic E-state index is 5.49. The number of ether oxygens (including phenoxy) is 1.